The topological polar surface area (TPSA) is 117 Å². The number of nitrogens with zero attached hydrogens (tertiary/aromatic N) is 3. The molecule has 35 heavy (non-hydrogen) atoms. The molecule has 0 spiro atoms. The molecule has 184 valence electrons. The van der Waals surface area contributed by atoms with Crippen LogP contribution in [0.25, 0.3) is 10.2 Å². The molecule has 1 aliphatic heterocycles. The molecule has 1 aliphatic rings. The van der Waals surface area contributed by atoms with E-state index in [1.54, 1.807) is 36.4 Å². The maximum Gasteiger partial charge on any atom is 0.262 e. The van der Waals surface area contributed by atoms with Gasteiger partial charge in [0.1, 0.15) is 6.04 Å². The quantitative estimate of drug-likeness (QED) is 0.480. The second-order valence-electron chi connectivity index (χ2n) is 8.86. The van der Waals surface area contributed by atoms with Gasteiger partial charge in [0.25, 0.3) is 11.8 Å². The lowest BCUT2D eigenvalue weighted by Gasteiger charge is -2.29. The first kappa shape index (κ1) is 25.0. The normalized spacial score (nSPS) is 14.9. The lowest BCUT2D eigenvalue weighted by molar-refractivity contribution is -0.119. The molecule has 4 rings (SSSR count). The number of carbonyl (C=O) groups excluding carboxylic acids is 3. The fourth-order valence-corrected chi connectivity index (χ4v) is 7.12. The molecule has 0 saturated heterocycles. The second kappa shape index (κ2) is 9.14. The van der Waals surface area contributed by atoms with Gasteiger partial charge in [-0.2, -0.15) is 4.31 Å². The second-order valence-corrected chi connectivity index (χ2v) is 11.7. The summed E-state index contributed by atoms with van der Waals surface area (Å²) in [6.07, 6.45) is 0. The van der Waals surface area contributed by atoms with Crippen LogP contribution in [0.1, 0.15) is 55.3 Å². The molecule has 1 unspecified atom stereocenters. The smallest absolute Gasteiger partial charge is 0.262 e. The molecule has 9 nitrogen and oxygen atoms in total. The number of nitrogens with one attached hydrogen (secondary N) is 1. The summed E-state index contributed by atoms with van der Waals surface area (Å²) >= 11 is 1.12. The highest BCUT2D eigenvalue weighted by Crippen LogP contribution is 2.31. The summed E-state index contributed by atoms with van der Waals surface area (Å²) in [7, 11) is -3.72. The Morgan fingerprint density at radius 2 is 1.54 bits per heavy atom. The number of thiazole rings is 1. The Morgan fingerprint density at radius 3 is 2.09 bits per heavy atom. The standard InChI is InChI=1S/C24H26N4O5S2/c1-13(2)28(14(3)4)35(32,33)16-10-11-19-20(12-16)34-24(25-19)26-21(29)15(5)27-22(30)17-8-6-7-9-18(17)23(27)31/h6-15H,1-5H3,(H,25,26,29). The van der Waals surface area contributed by atoms with Crippen molar-refractivity contribution in [3.05, 3.63) is 53.6 Å². The van der Waals surface area contributed by atoms with Gasteiger partial charge in [-0.3, -0.25) is 19.3 Å². The van der Waals surface area contributed by atoms with Gasteiger partial charge in [0.15, 0.2) is 5.13 Å². The zero-order valence-corrected chi connectivity index (χ0v) is 21.6. The van der Waals surface area contributed by atoms with Crippen LogP contribution in [0, 0.1) is 0 Å². The Balaban J connectivity index is 1.56. The van der Waals surface area contributed by atoms with E-state index in [0.29, 0.717) is 10.2 Å². The van der Waals surface area contributed by atoms with Crippen molar-refractivity contribution in [2.75, 3.05) is 5.32 Å². The van der Waals surface area contributed by atoms with Gasteiger partial charge in [0, 0.05) is 12.1 Å². The Kier molecular flexibility index (Phi) is 6.52. The third-order valence-electron chi connectivity index (χ3n) is 5.78. The van der Waals surface area contributed by atoms with E-state index in [-0.39, 0.29) is 33.2 Å². The largest absolute Gasteiger partial charge is 0.300 e. The lowest BCUT2D eigenvalue weighted by Crippen LogP contribution is -2.45. The third kappa shape index (κ3) is 4.35. The van der Waals surface area contributed by atoms with Crippen LogP contribution in [0.3, 0.4) is 0 Å². The molecular formula is C24H26N4O5S2. The van der Waals surface area contributed by atoms with Gasteiger partial charge in [0.05, 0.1) is 26.2 Å². The van der Waals surface area contributed by atoms with E-state index in [2.05, 4.69) is 10.3 Å². The van der Waals surface area contributed by atoms with Gasteiger partial charge >= 0.3 is 0 Å². The molecule has 0 saturated carbocycles. The molecule has 2 heterocycles. The first-order valence-corrected chi connectivity index (χ1v) is 13.4. The van der Waals surface area contributed by atoms with Crippen molar-refractivity contribution >= 4 is 54.4 Å². The van der Waals surface area contributed by atoms with Crippen molar-refractivity contribution in [2.45, 2.75) is 57.6 Å². The van der Waals surface area contributed by atoms with Crippen molar-refractivity contribution in [2.24, 2.45) is 0 Å². The molecule has 3 amide bonds. The SMILES string of the molecule is CC(C(=O)Nc1nc2ccc(S(=O)(=O)N(C(C)C)C(C)C)cc2s1)N1C(=O)c2ccccc2C1=O. The van der Waals surface area contributed by atoms with Crippen LogP contribution in [-0.2, 0) is 14.8 Å². The van der Waals surface area contributed by atoms with Crippen LogP contribution in [-0.4, -0.2) is 58.5 Å². The number of carbonyl (C=O) groups is 3. The minimum atomic E-state index is -3.72. The molecule has 0 radical (unpaired) electrons. The molecule has 0 aliphatic carbocycles. The summed E-state index contributed by atoms with van der Waals surface area (Å²) in [6.45, 7) is 8.78. The summed E-state index contributed by atoms with van der Waals surface area (Å²) in [6, 6.07) is 9.59. The van der Waals surface area contributed by atoms with Crippen molar-refractivity contribution in [1.29, 1.82) is 0 Å². The summed E-state index contributed by atoms with van der Waals surface area (Å²) in [5, 5.41) is 2.90. The van der Waals surface area contributed by atoms with Crippen LogP contribution < -0.4 is 5.32 Å². The van der Waals surface area contributed by atoms with Gasteiger partial charge < -0.3 is 5.32 Å². The summed E-state index contributed by atoms with van der Waals surface area (Å²) in [4.78, 5) is 43.7. The first-order chi connectivity index (χ1) is 16.4. The number of sulfonamides is 1. The monoisotopic (exact) mass is 514 g/mol. The van der Waals surface area contributed by atoms with E-state index in [0.717, 1.165) is 16.2 Å². The van der Waals surface area contributed by atoms with Crippen LogP contribution >= 0.6 is 11.3 Å². The van der Waals surface area contributed by atoms with Gasteiger partial charge in [-0.15, -0.1) is 0 Å². The molecular weight excluding hydrogens is 488 g/mol. The number of benzene rings is 2. The van der Waals surface area contributed by atoms with E-state index in [4.69, 9.17) is 0 Å². The van der Waals surface area contributed by atoms with E-state index in [9.17, 15) is 22.8 Å². The average molecular weight is 515 g/mol. The molecule has 1 atom stereocenters. The van der Waals surface area contributed by atoms with E-state index < -0.39 is 33.8 Å². The minimum Gasteiger partial charge on any atom is -0.300 e. The average Bonchev–Trinajstić information content (AvgIpc) is 3.30. The Bertz CT molecular complexity index is 1400. The number of anilines is 1. The summed E-state index contributed by atoms with van der Waals surface area (Å²) in [5.41, 5.74) is 1.06. The Labute approximate surface area is 207 Å². The number of imide groups is 1. The maximum absolute atomic E-state index is 13.2. The van der Waals surface area contributed by atoms with E-state index in [1.165, 1.54) is 17.3 Å². The van der Waals surface area contributed by atoms with Crippen LogP contribution in [0.5, 0.6) is 0 Å². The highest BCUT2D eigenvalue weighted by molar-refractivity contribution is 7.89. The van der Waals surface area contributed by atoms with Crippen molar-refractivity contribution in [1.82, 2.24) is 14.2 Å². The van der Waals surface area contributed by atoms with Gasteiger partial charge in [-0.1, -0.05) is 23.5 Å². The van der Waals surface area contributed by atoms with E-state index >= 15 is 0 Å². The predicted octanol–water partition coefficient (Wildman–Crippen LogP) is 3.73. The van der Waals surface area contributed by atoms with Crippen molar-refractivity contribution in [3.63, 3.8) is 0 Å². The van der Waals surface area contributed by atoms with Gasteiger partial charge in [-0.25, -0.2) is 13.4 Å². The number of fused-ring (bicyclic) bond motifs is 2. The zero-order chi connectivity index (χ0) is 25.7. The molecule has 11 heteroatoms. The zero-order valence-electron chi connectivity index (χ0n) is 20.0. The molecule has 0 bridgehead atoms. The fraction of sp³-hybridized carbons (Fsp3) is 0.333. The fourth-order valence-electron chi connectivity index (χ4n) is 4.28. The number of hydrogen-bond donors (Lipinski definition) is 1. The first-order valence-electron chi connectivity index (χ1n) is 11.2. The summed E-state index contributed by atoms with van der Waals surface area (Å²) in [5.74, 6) is -1.61. The van der Waals surface area contributed by atoms with Crippen molar-refractivity contribution < 1.29 is 22.8 Å². The predicted molar refractivity (Wildman–Crippen MR) is 134 cm³/mol. The van der Waals surface area contributed by atoms with Crippen LogP contribution in [0.15, 0.2) is 47.4 Å². The molecule has 0 fully saturated rings. The van der Waals surface area contributed by atoms with Gasteiger partial charge in [-0.05, 0) is 65.0 Å². The lowest BCUT2D eigenvalue weighted by atomic mass is 10.1. The van der Waals surface area contributed by atoms with Crippen LogP contribution in [0.4, 0.5) is 5.13 Å². The van der Waals surface area contributed by atoms with Crippen LogP contribution in [0.2, 0.25) is 0 Å². The molecule has 3 aromatic rings. The Hall–Kier alpha value is -3.15. The highest BCUT2D eigenvalue weighted by atomic mass is 32.2. The summed E-state index contributed by atoms with van der Waals surface area (Å²) < 4.78 is 28.4. The third-order valence-corrected chi connectivity index (χ3v) is 8.96. The molecule has 2 aromatic carbocycles. The number of rotatable bonds is 7. The molecule has 1 aromatic heterocycles. The van der Waals surface area contributed by atoms with Crippen molar-refractivity contribution in [3.8, 4) is 0 Å². The number of hydrogen-bond acceptors (Lipinski definition) is 7. The van der Waals surface area contributed by atoms with Gasteiger partial charge in [0.2, 0.25) is 15.9 Å². The number of amides is 3. The van der Waals surface area contributed by atoms with E-state index in [1.807, 2.05) is 27.7 Å². The minimum absolute atomic E-state index is 0.147. The highest BCUT2D eigenvalue weighted by Gasteiger charge is 2.40. The number of aromatic nitrogens is 1. The maximum atomic E-state index is 13.2. The Morgan fingerprint density at radius 1 is 0.971 bits per heavy atom. The molecule has 1 N–H and O–H groups in total.